The molecule has 3 heterocycles. The Morgan fingerprint density at radius 1 is 1.00 bits per heavy atom. The Morgan fingerprint density at radius 3 is 2.48 bits per heavy atom. The summed E-state index contributed by atoms with van der Waals surface area (Å²) in [6.45, 7) is 3.75. The van der Waals surface area contributed by atoms with E-state index in [0.717, 1.165) is 32.7 Å². The highest BCUT2D eigenvalue weighted by atomic mass is 32.2. The molecule has 1 saturated heterocycles. The number of nitrogens with one attached hydrogen (secondary N) is 1. The lowest BCUT2D eigenvalue weighted by atomic mass is 10.1. The van der Waals surface area contributed by atoms with Gasteiger partial charge in [0.25, 0.3) is 5.91 Å². The molecular weight excluding hydrogens is 386 g/mol. The fourth-order valence-electron chi connectivity index (χ4n) is 3.66. The summed E-state index contributed by atoms with van der Waals surface area (Å²) in [5.41, 5.74) is 2.77. The molecule has 0 radical (unpaired) electrons. The maximum atomic E-state index is 12.4. The normalized spacial score (nSPS) is 16.3. The third-order valence-corrected chi connectivity index (χ3v) is 6.02. The summed E-state index contributed by atoms with van der Waals surface area (Å²) in [5.74, 6) is 0.343. The van der Waals surface area contributed by atoms with Crippen molar-refractivity contribution in [1.82, 2.24) is 24.6 Å². The van der Waals surface area contributed by atoms with Crippen molar-refractivity contribution < 1.29 is 9.59 Å². The van der Waals surface area contributed by atoms with E-state index in [9.17, 15) is 9.59 Å². The Morgan fingerprint density at radius 2 is 1.72 bits per heavy atom. The average molecular weight is 405 g/mol. The first-order valence-corrected chi connectivity index (χ1v) is 10.4. The molecule has 0 atom stereocenters. The first kappa shape index (κ1) is 17.9. The Hall–Kier alpha value is -3.13. The second-order valence-corrected chi connectivity index (χ2v) is 8.59. The quantitative estimate of drug-likeness (QED) is 0.320. The van der Waals surface area contributed by atoms with Crippen LogP contribution in [-0.4, -0.2) is 49.0 Å². The van der Waals surface area contributed by atoms with Crippen LogP contribution in [0.1, 0.15) is 13.8 Å². The van der Waals surface area contributed by atoms with E-state index in [1.165, 1.54) is 16.7 Å². The van der Waals surface area contributed by atoms with Gasteiger partial charge >= 0.3 is 6.03 Å². The van der Waals surface area contributed by atoms with Gasteiger partial charge < -0.3 is 5.32 Å². The minimum atomic E-state index is -0.850. The van der Waals surface area contributed by atoms with Gasteiger partial charge in [-0.2, -0.15) is 0 Å². The average Bonchev–Trinajstić information content (AvgIpc) is 3.18. The van der Waals surface area contributed by atoms with Crippen molar-refractivity contribution in [2.45, 2.75) is 24.5 Å². The van der Waals surface area contributed by atoms with E-state index in [0.29, 0.717) is 12.3 Å². The van der Waals surface area contributed by atoms with Gasteiger partial charge in [0.1, 0.15) is 11.2 Å². The van der Waals surface area contributed by atoms with Crippen molar-refractivity contribution in [1.29, 1.82) is 0 Å². The van der Waals surface area contributed by atoms with Crippen molar-refractivity contribution in [2.24, 2.45) is 0 Å². The molecule has 0 saturated carbocycles. The summed E-state index contributed by atoms with van der Waals surface area (Å²) in [4.78, 5) is 35.4. The molecule has 0 aliphatic carbocycles. The fourth-order valence-corrected chi connectivity index (χ4v) is 4.59. The number of fused-ring (bicyclic) bond motifs is 5. The first-order valence-electron chi connectivity index (χ1n) is 9.38. The predicted octanol–water partition coefficient (Wildman–Crippen LogP) is 3.46. The first-order chi connectivity index (χ1) is 14.0. The minimum absolute atomic E-state index is 0.201. The van der Waals surface area contributed by atoms with Crippen molar-refractivity contribution in [3.63, 3.8) is 0 Å². The number of carbonyl (C=O) groups is 2. The van der Waals surface area contributed by atoms with E-state index < -0.39 is 5.54 Å². The molecule has 7 nitrogen and oxygen atoms in total. The molecule has 5 rings (SSSR count). The molecule has 0 bridgehead atoms. The highest BCUT2D eigenvalue weighted by Gasteiger charge is 2.43. The zero-order valence-electron chi connectivity index (χ0n) is 16.0. The molecule has 1 fully saturated rings. The molecule has 2 aromatic carbocycles. The Kier molecular flexibility index (Phi) is 3.99. The van der Waals surface area contributed by atoms with E-state index in [2.05, 4.69) is 9.72 Å². The van der Waals surface area contributed by atoms with Crippen LogP contribution in [0.15, 0.2) is 53.7 Å². The Balaban J connectivity index is 1.52. The molecule has 1 aliphatic rings. The number of urea groups is 1. The van der Waals surface area contributed by atoms with Gasteiger partial charge in [-0.25, -0.2) is 14.8 Å². The lowest BCUT2D eigenvalue weighted by Crippen LogP contribution is -2.40. The summed E-state index contributed by atoms with van der Waals surface area (Å²) >= 11 is 1.51. The van der Waals surface area contributed by atoms with E-state index in [4.69, 9.17) is 9.97 Å². The fraction of sp³-hybridized carbons (Fsp3) is 0.238. The van der Waals surface area contributed by atoms with Gasteiger partial charge in [0.15, 0.2) is 5.16 Å². The van der Waals surface area contributed by atoms with Gasteiger partial charge in [-0.1, -0.05) is 36.0 Å². The Labute approximate surface area is 171 Å². The molecule has 1 N–H and O–H groups in total. The van der Waals surface area contributed by atoms with E-state index in [-0.39, 0.29) is 11.9 Å². The van der Waals surface area contributed by atoms with Crippen LogP contribution in [0.25, 0.3) is 27.6 Å². The third-order valence-electron chi connectivity index (χ3n) is 5.10. The highest BCUT2D eigenvalue weighted by molar-refractivity contribution is 7.99. The largest absolute Gasteiger partial charge is 0.325 e. The Bertz CT molecular complexity index is 1300. The summed E-state index contributed by atoms with van der Waals surface area (Å²) in [6, 6.07) is 15.5. The van der Waals surface area contributed by atoms with Crippen LogP contribution in [0, 0.1) is 0 Å². The van der Waals surface area contributed by atoms with Gasteiger partial charge in [-0.3, -0.25) is 14.1 Å². The number of nitrogens with zero attached hydrogens (tertiary/aromatic N) is 4. The van der Waals surface area contributed by atoms with Gasteiger partial charge in [0.05, 0.1) is 16.6 Å². The van der Waals surface area contributed by atoms with Crippen LogP contribution in [-0.2, 0) is 4.79 Å². The smallest absolute Gasteiger partial charge is 0.324 e. The number of thioether (sulfide) groups is 1. The zero-order chi connectivity index (χ0) is 20.2. The number of hydrogen-bond donors (Lipinski definition) is 1. The van der Waals surface area contributed by atoms with Crippen LogP contribution < -0.4 is 5.32 Å². The molecule has 0 unspecified atom stereocenters. The zero-order valence-corrected chi connectivity index (χ0v) is 16.9. The van der Waals surface area contributed by atoms with E-state index in [1.54, 1.807) is 13.8 Å². The predicted molar refractivity (Wildman–Crippen MR) is 113 cm³/mol. The lowest BCUT2D eigenvalue weighted by molar-refractivity contribution is -0.130. The second kappa shape index (κ2) is 6.45. The number of benzene rings is 2. The van der Waals surface area contributed by atoms with E-state index >= 15 is 0 Å². The van der Waals surface area contributed by atoms with Crippen molar-refractivity contribution >= 4 is 51.3 Å². The van der Waals surface area contributed by atoms with Crippen molar-refractivity contribution in [3.8, 4) is 0 Å². The number of rotatable bonds is 4. The van der Waals surface area contributed by atoms with Crippen molar-refractivity contribution in [2.75, 3.05) is 12.3 Å². The van der Waals surface area contributed by atoms with Gasteiger partial charge in [-0.05, 0) is 38.1 Å². The summed E-state index contributed by atoms with van der Waals surface area (Å²) in [7, 11) is 0. The molecule has 29 heavy (non-hydrogen) atoms. The van der Waals surface area contributed by atoms with Gasteiger partial charge in [0.2, 0.25) is 0 Å². The molecule has 8 heteroatoms. The summed E-state index contributed by atoms with van der Waals surface area (Å²) < 4.78 is 2.05. The molecular formula is C21H19N5O2S. The summed E-state index contributed by atoms with van der Waals surface area (Å²) in [5, 5.41) is 4.49. The highest BCUT2D eigenvalue weighted by Crippen LogP contribution is 2.29. The molecule has 146 valence electrons. The molecule has 3 amide bonds. The number of para-hydroxylation sites is 3. The lowest BCUT2D eigenvalue weighted by Gasteiger charge is -2.16. The number of hydrogen-bond acceptors (Lipinski definition) is 5. The topological polar surface area (TPSA) is 79.6 Å². The number of amides is 3. The maximum Gasteiger partial charge on any atom is 0.325 e. The molecule has 4 aromatic rings. The van der Waals surface area contributed by atoms with Crippen LogP contribution >= 0.6 is 11.8 Å². The number of aromatic nitrogens is 3. The van der Waals surface area contributed by atoms with Crippen molar-refractivity contribution in [3.05, 3.63) is 48.5 Å². The van der Waals surface area contributed by atoms with Crippen LogP contribution in [0.4, 0.5) is 4.79 Å². The van der Waals surface area contributed by atoms with Crippen LogP contribution in [0.2, 0.25) is 0 Å². The molecule has 0 spiro atoms. The standard InChI is InChI=1S/C21H19N5O2S/c1-21(2)18(27)25(19(28)24-21)11-12-29-20-23-14-8-4-3-7-13(14)17-22-15-9-5-6-10-16(15)26(17)20/h3-10H,11-12H2,1-2H3,(H,24,28). The summed E-state index contributed by atoms with van der Waals surface area (Å²) in [6.07, 6.45) is 0. The van der Waals surface area contributed by atoms with Gasteiger partial charge in [0, 0.05) is 17.7 Å². The van der Waals surface area contributed by atoms with E-state index in [1.807, 2.05) is 48.5 Å². The monoisotopic (exact) mass is 405 g/mol. The second-order valence-electron chi connectivity index (χ2n) is 7.53. The minimum Gasteiger partial charge on any atom is -0.324 e. The number of imidazole rings is 1. The van der Waals surface area contributed by atoms with Gasteiger partial charge in [-0.15, -0.1) is 0 Å². The maximum absolute atomic E-state index is 12.4. The van der Waals surface area contributed by atoms with Crippen LogP contribution in [0.5, 0.6) is 0 Å². The molecule has 2 aromatic heterocycles. The molecule has 1 aliphatic heterocycles. The SMILES string of the molecule is CC1(C)NC(=O)N(CCSc2nc3ccccc3c3nc4ccccc4n23)C1=O. The third kappa shape index (κ3) is 2.82. The number of carbonyl (C=O) groups excluding carboxylic acids is 2. The van der Waals surface area contributed by atoms with Crippen LogP contribution in [0.3, 0.4) is 0 Å². The number of imide groups is 1.